The molecule has 1 fully saturated rings. The highest BCUT2D eigenvalue weighted by Gasteiger charge is 2.48. The number of carbonyl (C=O) groups excluding carboxylic acids is 2. The molecular weight excluding hydrogens is 496 g/mol. The number of anilines is 2. The van der Waals surface area contributed by atoms with Gasteiger partial charge in [0.1, 0.15) is 17.3 Å². The molecule has 0 bridgehead atoms. The Bertz CT molecular complexity index is 1550. The standard InChI is InChI=1S/C30H30N4O5/c1-5-16-39-21-12-8-19(9-13-21)27(35)25-26(18-6-10-20(11-7-18)33(2)3)34(29(37)28(25)36)30-31-23-15-14-22(38-4)17-24(23)32-30/h6-15,17,26,35H,5,16H2,1-4H3,(H,31,32)/b27-25+. The Labute approximate surface area is 226 Å². The first kappa shape index (κ1) is 25.8. The van der Waals surface area contributed by atoms with E-state index >= 15 is 0 Å². The van der Waals surface area contributed by atoms with E-state index in [0.717, 1.165) is 12.1 Å². The number of imidazole rings is 1. The van der Waals surface area contributed by atoms with Crippen molar-refractivity contribution in [1.82, 2.24) is 9.97 Å². The van der Waals surface area contributed by atoms with Crippen LogP contribution in [0.3, 0.4) is 0 Å². The summed E-state index contributed by atoms with van der Waals surface area (Å²) < 4.78 is 11.0. The minimum absolute atomic E-state index is 0.0159. The summed E-state index contributed by atoms with van der Waals surface area (Å²) >= 11 is 0. The van der Waals surface area contributed by atoms with Crippen LogP contribution < -0.4 is 19.3 Å². The van der Waals surface area contributed by atoms with Crippen LogP contribution in [0.5, 0.6) is 11.5 Å². The van der Waals surface area contributed by atoms with E-state index in [1.165, 1.54) is 4.90 Å². The van der Waals surface area contributed by atoms with E-state index < -0.39 is 17.7 Å². The number of hydrogen-bond acceptors (Lipinski definition) is 7. The molecule has 4 aromatic rings. The number of H-pyrrole nitrogens is 1. The number of fused-ring (bicyclic) bond motifs is 1. The molecule has 1 aliphatic rings. The third-order valence-corrected chi connectivity index (χ3v) is 6.67. The number of aromatic amines is 1. The van der Waals surface area contributed by atoms with Gasteiger partial charge in [-0.15, -0.1) is 0 Å². The molecular formula is C30H30N4O5. The van der Waals surface area contributed by atoms with Gasteiger partial charge in [0.15, 0.2) is 0 Å². The highest BCUT2D eigenvalue weighted by molar-refractivity contribution is 6.51. The molecule has 2 N–H and O–H groups in total. The number of nitrogens with one attached hydrogen (secondary N) is 1. The molecule has 200 valence electrons. The fraction of sp³-hybridized carbons (Fsp3) is 0.233. The lowest BCUT2D eigenvalue weighted by atomic mass is 9.95. The fourth-order valence-corrected chi connectivity index (χ4v) is 4.62. The maximum absolute atomic E-state index is 13.5. The van der Waals surface area contributed by atoms with E-state index in [9.17, 15) is 14.7 Å². The first-order valence-corrected chi connectivity index (χ1v) is 12.7. The molecule has 0 radical (unpaired) electrons. The van der Waals surface area contributed by atoms with Crippen molar-refractivity contribution in [3.05, 3.63) is 83.4 Å². The van der Waals surface area contributed by atoms with E-state index in [4.69, 9.17) is 9.47 Å². The van der Waals surface area contributed by atoms with Crippen molar-refractivity contribution < 1.29 is 24.2 Å². The van der Waals surface area contributed by atoms with Crippen molar-refractivity contribution in [3.63, 3.8) is 0 Å². The Morgan fingerprint density at radius 1 is 1.03 bits per heavy atom. The number of aromatic nitrogens is 2. The number of aliphatic hydroxyl groups is 1. The van der Waals surface area contributed by atoms with E-state index in [0.29, 0.717) is 40.3 Å². The Balaban J connectivity index is 1.64. The molecule has 1 saturated heterocycles. The summed E-state index contributed by atoms with van der Waals surface area (Å²) in [5.74, 6) is -0.364. The predicted molar refractivity (Wildman–Crippen MR) is 150 cm³/mol. The number of aliphatic hydroxyl groups excluding tert-OH is 1. The molecule has 0 aliphatic carbocycles. The highest BCUT2D eigenvalue weighted by atomic mass is 16.5. The summed E-state index contributed by atoms with van der Waals surface area (Å²) in [5.41, 5.74) is 3.25. The molecule has 0 spiro atoms. The maximum Gasteiger partial charge on any atom is 0.302 e. The van der Waals surface area contributed by atoms with E-state index in [1.807, 2.05) is 50.2 Å². The average Bonchev–Trinajstić information content (AvgIpc) is 3.49. The van der Waals surface area contributed by atoms with Crippen molar-refractivity contribution in [1.29, 1.82) is 0 Å². The van der Waals surface area contributed by atoms with E-state index in [2.05, 4.69) is 9.97 Å². The minimum Gasteiger partial charge on any atom is -0.507 e. The zero-order chi connectivity index (χ0) is 27.7. The van der Waals surface area contributed by atoms with Gasteiger partial charge in [0, 0.05) is 31.4 Å². The van der Waals surface area contributed by atoms with Gasteiger partial charge in [-0.3, -0.25) is 14.5 Å². The number of amides is 1. The van der Waals surface area contributed by atoms with Crippen LogP contribution in [0.1, 0.15) is 30.5 Å². The Morgan fingerprint density at radius 2 is 1.72 bits per heavy atom. The van der Waals surface area contributed by atoms with Gasteiger partial charge in [0.05, 0.1) is 36.4 Å². The Morgan fingerprint density at radius 3 is 2.36 bits per heavy atom. The second-order valence-electron chi connectivity index (χ2n) is 9.47. The van der Waals surface area contributed by atoms with Crippen LogP contribution in [0.15, 0.2) is 72.3 Å². The number of methoxy groups -OCH3 is 1. The zero-order valence-electron chi connectivity index (χ0n) is 22.3. The van der Waals surface area contributed by atoms with Crippen molar-refractivity contribution in [3.8, 4) is 11.5 Å². The first-order chi connectivity index (χ1) is 18.8. The summed E-state index contributed by atoms with van der Waals surface area (Å²) in [4.78, 5) is 38.0. The smallest absolute Gasteiger partial charge is 0.302 e. The van der Waals surface area contributed by atoms with Crippen LogP contribution in [0.4, 0.5) is 11.6 Å². The third-order valence-electron chi connectivity index (χ3n) is 6.67. The molecule has 1 unspecified atom stereocenters. The molecule has 39 heavy (non-hydrogen) atoms. The van der Waals surface area contributed by atoms with Crippen molar-refractivity contribution in [2.24, 2.45) is 0 Å². The van der Waals surface area contributed by atoms with Crippen LogP contribution in [0.25, 0.3) is 16.8 Å². The quantitative estimate of drug-likeness (QED) is 0.188. The minimum atomic E-state index is -0.903. The van der Waals surface area contributed by atoms with Gasteiger partial charge < -0.3 is 24.5 Å². The summed E-state index contributed by atoms with van der Waals surface area (Å²) in [6.45, 7) is 2.59. The topological polar surface area (TPSA) is 108 Å². The summed E-state index contributed by atoms with van der Waals surface area (Å²) in [5, 5.41) is 11.4. The average molecular weight is 527 g/mol. The molecule has 3 aromatic carbocycles. The third kappa shape index (κ3) is 4.79. The van der Waals surface area contributed by atoms with E-state index in [-0.39, 0.29) is 17.3 Å². The van der Waals surface area contributed by atoms with Crippen LogP contribution in [0.2, 0.25) is 0 Å². The van der Waals surface area contributed by atoms with Gasteiger partial charge in [-0.1, -0.05) is 19.1 Å². The van der Waals surface area contributed by atoms with Gasteiger partial charge in [-0.05, 0) is 60.5 Å². The summed E-state index contributed by atoms with van der Waals surface area (Å²) in [7, 11) is 5.42. The number of hydrogen-bond donors (Lipinski definition) is 2. The Kier molecular flexibility index (Phi) is 6.98. The SMILES string of the molecule is CCCOc1ccc(/C(O)=C2\C(=O)C(=O)N(c3nc4ccc(OC)cc4[nH]3)C2c2ccc(N(C)C)cc2)cc1. The molecule has 2 heterocycles. The molecule has 1 aliphatic heterocycles. The van der Waals surface area contributed by atoms with Crippen molar-refractivity contribution >= 4 is 40.1 Å². The molecule has 9 nitrogen and oxygen atoms in total. The second-order valence-corrected chi connectivity index (χ2v) is 9.47. The van der Waals surface area contributed by atoms with Crippen LogP contribution in [-0.4, -0.2) is 54.6 Å². The number of nitrogens with zero attached hydrogens (tertiary/aromatic N) is 3. The molecule has 9 heteroatoms. The molecule has 5 rings (SSSR count). The van der Waals surface area contributed by atoms with Crippen LogP contribution >= 0.6 is 0 Å². The lowest BCUT2D eigenvalue weighted by Gasteiger charge is -2.23. The number of ketones is 1. The molecule has 1 aromatic heterocycles. The fourth-order valence-electron chi connectivity index (χ4n) is 4.62. The van der Waals surface area contributed by atoms with Crippen LogP contribution in [-0.2, 0) is 9.59 Å². The highest BCUT2D eigenvalue weighted by Crippen LogP contribution is 2.42. The first-order valence-electron chi connectivity index (χ1n) is 12.7. The van der Waals surface area contributed by atoms with Crippen LogP contribution in [0, 0.1) is 0 Å². The van der Waals surface area contributed by atoms with Gasteiger partial charge in [0.25, 0.3) is 5.78 Å². The lowest BCUT2D eigenvalue weighted by Crippen LogP contribution is -2.30. The van der Waals surface area contributed by atoms with Gasteiger partial charge >= 0.3 is 5.91 Å². The number of carbonyl (C=O) groups is 2. The van der Waals surface area contributed by atoms with Crippen molar-refractivity contribution in [2.45, 2.75) is 19.4 Å². The normalized spacial score (nSPS) is 16.6. The molecule has 1 amide bonds. The monoisotopic (exact) mass is 526 g/mol. The Hall–Kier alpha value is -4.79. The van der Waals surface area contributed by atoms with Gasteiger partial charge in [-0.2, -0.15) is 0 Å². The predicted octanol–water partition coefficient (Wildman–Crippen LogP) is 5.05. The zero-order valence-corrected chi connectivity index (χ0v) is 22.3. The summed E-state index contributed by atoms with van der Waals surface area (Å²) in [6.07, 6.45) is 0.867. The van der Waals surface area contributed by atoms with Crippen molar-refractivity contribution in [2.75, 3.05) is 37.6 Å². The molecule has 1 atom stereocenters. The largest absolute Gasteiger partial charge is 0.507 e. The summed E-state index contributed by atoms with van der Waals surface area (Å²) in [6, 6.07) is 18.7. The van der Waals surface area contributed by atoms with Gasteiger partial charge in [-0.25, -0.2) is 4.98 Å². The number of Topliss-reactive ketones (excluding diaryl/α,β-unsaturated/α-hetero) is 1. The molecule has 0 saturated carbocycles. The maximum atomic E-state index is 13.5. The van der Waals surface area contributed by atoms with Gasteiger partial charge in [0.2, 0.25) is 5.95 Å². The number of rotatable bonds is 8. The number of ether oxygens (including phenoxy) is 2. The van der Waals surface area contributed by atoms with E-state index in [1.54, 1.807) is 49.6 Å². The second kappa shape index (κ2) is 10.5. The lowest BCUT2D eigenvalue weighted by molar-refractivity contribution is -0.132. The number of benzene rings is 3.